The van der Waals surface area contributed by atoms with Gasteiger partial charge < -0.3 is 5.32 Å². The zero-order chi connectivity index (χ0) is 13.1. The van der Waals surface area contributed by atoms with E-state index in [4.69, 9.17) is 0 Å². The molecule has 2 heterocycles. The van der Waals surface area contributed by atoms with Crippen LogP contribution in [0.15, 0.2) is 17.5 Å². The topological polar surface area (TPSA) is 15.3 Å². The second kappa shape index (κ2) is 6.18. The monoisotopic (exact) mass is 266 g/mol. The summed E-state index contributed by atoms with van der Waals surface area (Å²) >= 11 is 1.88. The third kappa shape index (κ3) is 2.95. The third-order valence-electron chi connectivity index (χ3n) is 4.22. The summed E-state index contributed by atoms with van der Waals surface area (Å²) in [6, 6.07) is 6.30. The molecule has 0 bridgehead atoms. The second-order valence-corrected chi connectivity index (χ2v) is 6.69. The van der Waals surface area contributed by atoms with E-state index in [1.807, 2.05) is 11.3 Å². The van der Waals surface area contributed by atoms with Gasteiger partial charge in [-0.3, -0.25) is 4.90 Å². The zero-order valence-corrected chi connectivity index (χ0v) is 12.8. The Balaban J connectivity index is 2.10. The van der Waals surface area contributed by atoms with Crippen molar-refractivity contribution >= 4 is 11.3 Å². The van der Waals surface area contributed by atoms with E-state index in [9.17, 15) is 0 Å². The SMILES string of the molecule is CCC1CNC(C(C)C)CN1C(C)c1cccs1. The number of nitrogens with one attached hydrogen (secondary N) is 1. The molecule has 1 aromatic heterocycles. The fourth-order valence-corrected chi connectivity index (χ4v) is 3.64. The van der Waals surface area contributed by atoms with Crippen LogP contribution in [0.1, 0.15) is 45.0 Å². The molecular formula is C15H26N2S. The second-order valence-electron chi connectivity index (χ2n) is 5.71. The Kier molecular flexibility index (Phi) is 4.82. The summed E-state index contributed by atoms with van der Waals surface area (Å²) in [5.41, 5.74) is 0. The highest BCUT2D eigenvalue weighted by Gasteiger charge is 2.31. The van der Waals surface area contributed by atoms with Crippen molar-refractivity contribution in [3.63, 3.8) is 0 Å². The molecule has 3 unspecified atom stereocenters. The minimum Gasteiger partial charge on any atom is -0.311 e. The van der Waals surface area contributed by atoms with Gasteiger partial charge in [0, 0.05) is 36.1 Å². The maximum Gasteiger partial charge on any atom is 0.0417 e. The van der Waals surface area contributed by atoms with Gasteiger partial charge in [-0.25, -0.2) is 0 Å². The first-order chi connectivity index (χ1) is 8.63. The number of thiophene rings is 1. The molecule has 2 nitrogen and oxygen atoms in total. The summed E-state index contributed by atoms with van der Waals surface area (Å²) in [6.45, 7) is 11.6. The molecular weight excluding hydrogens is 240 g/mol. The Hall–Kier alpha value is -0.380. The third-order valence-corrected chi connectivity index (χ3v) is 5.26. The zero-order valence-electron chi connectivity index (χ0n) is 12.0. The van der Waals surface area contributed by atoms with Gasteiger partial charge in [-0.1, -0.05) is 26.8 Å². The van der Waals surface area contributed by atoms with Gasteiger partial charge in [0.2, 0.25) is 0 Å². The predicted octanol–water partition coefficient (Wildman–Crippen LogP) is 3.52. The lowest BCUT2D eigenvalue weighted by Gasteiger charge is -2.44. The van der Waals surface area contributed by atoms with Gasteiger partial charge in [-0.15, -0.1) is 11.3 Å². The van der Waals surface area contributed by atoms with Crippen molar-refractivity contribution in [3.05, 3.63) is 22.4 Å². The number of hydrogen-bond donors (Lipinski definition) is 1. The van der Waals surface area contributed by atoms with Crippen molar-refractivity contribution in [2.45, 2.75) is 52.2 Å². The van der Waals surface area contributed by atoms with Crippen molar-refractivity contribution in [1.29, 1.82) is 0 Å². The van der Waals surface area contributed by atoms with Gasteiger partial charge in [0.15, 0.2) is 0 Å². The summed E-state index contributed by atoms with van der Waals surface area (Å²) in [6.07, 6.45) is 1.23. The standard InChI is InChI=1S/C15H26N2S/c1-5-13-9-16-14(11(2)3)10-17(13)12(4)15-7-6-8-18-15/h6-8,11-14,16H,5,9-10H2,1-4H3. The lowest BCUT2D eigenvalue weighted by molar-refractivity contribution is 0.0750. The van der Waals surface area contributed by atoms with Crippen LogP contribution < -0.4 is 5.32 Å². The van der Waals surface area contributed by atoms with Crippen LogP contribution in [-0.2, 0) is 0 Å². The van der Waals surface area contributed by atoms with Crippen LogP contribution in [0.3, 0.4) is 0 Å². The van der Waals surface area contributed by atoms with Gasteiger partial charge in [0.05, 0.1) is 0 Å². The van der Waals surface area contributed by atoms with E-state index >= 15 is 0 Å². The normalized spacial score (nSPS) is 27.6. The molecule has 1 aliphatic rings. The molecule has 0 spiro atoms. The van der Waals surface area contributed by atoms with Crippen LogP contribution >= 0.6 is 11.3 Å². The first-order valence-corrected chi connectivity index (χ1v) is 8.04. The Bertz CT molecular complexity index is 347. The molecule has 3 heteroatoms. The Morgan fingerprint density at radius 2 is 2.22 bits per heavy atom. The van der Waals surface area contributed by atoms with E-state index in [0.29, 0.717) is 24.0 Å². The first kappa shape index (κ1) is 14.0. The van der Waals surface area contributed by atoms with Crippen LogP contribution in [0.4, 0.5) is 0 Å². The number of piperazine rings is 1. The van der Waals surface area contributed by atoms with Gasteiger partial charge in [-0.2, -0.15) is 0 Å². The molecule has 1 saturated heterocycles. The molecule has 102 valence electrons. The van der Waals surface area contributed by atoms with E-state index in [0.717, 1.165) is 6.54 Å². The average molecular weight is 266 g/mol. The largest absolute Gasteiger partial charge is 0.311 e. The molecule has 1 aromatic rings. The van der Waals surface area contributed by atoms with E-state index in [2.05, 4.69) is 55.4 Å². The molecule has 0 aliphatic carbocycles. The van der Waals surface area contributed by atoms with Crippen molar-refractivity contribution in [1.82, 2.24) is 10.2 Å². The van der Waals surface area contributed by atoms with Gasteiger partial charge >= 0.3 is 0 Å². The number of hydrogen-bond acceptors (Lipinski definition) is 3. The molecule has 1 N–H and O–H groups in total. The number of rotatable bonds is 4. The Morgan fingerprint density at radius 1 is 1.44 bits per heavy atom. The van der Waals surface area contributed by atoms with E-state index in [-0.39, 0.29) is 0 Å². The average Bonchev–Trinajstić information content (AvgIpc) is 2.90. The van der Waals surface area contributed by atoms with Crippen molar-refractivity contribution < 1.29 is 0 Å². The molecule has 0 amide bonds. The number of nitrogens with zero attached hydrogens (tertiary/aromatic N) is 1. The molecule has 3 atom stereocenters. The van der Waals surface area contributed by atoms with Crippen molar-refractivity contribution in [3.8, 4) is 0 Å². The first-order valence-electron chi connectivity index (χ1n) is 7.16. The van der Waals surface area contributed by atoms with Gasteiger partial charge in [0.25, 0.3) is 0 Å². The predicted molar refractivity (Wildman–Crippen MR) is 80.1 cm³/mol. The molecule has 2 rings (SSSR count). The maximum absolute atomic E-state index is 3.71. The van der Waals surface area contributed by atoms with Crippen molar-refractivity contribution in [2.24, 2.45) is 5.92 Å². The highest BCUT2D eigenvalue weighted by atomic mass is 32.1. The molecule has 1 fully saturated rings. The summed E-state index contributed by atoms with van der Waals surface area (Å²) in [5, 5.41) is 5.90. The van der Waals surface area contributed by atoms with Crippen LogP contribution in [0.25, 0.3) is 0 Å². The summed E-state index contributed by atoms with van der Waals surface area (Å²) in [5.74, 6) is 0.709. The molecule has 0 saturated carbocycles. The Morgan fingerprint density at radius 3 is 2.78 bits per heavy atom. The van der Waals surface area contributed by atoms with Crippen LogP contribution in [-0.4, -0.2) is 30.1 Å². The van der Waals surface area contributed by atoms with E-state index in [1.165, 1.54) is 17.8 Å². The minimum atomic E-state index is 0.554. The maximum atomic E-state index is 3.71. The van der Waals surface area contributed by atoms with Crippen LogP contribution in [0.5, 0.6) is 0 Å². The lowest BCUT2D eigenvalue weighted by atomic mass is 9.96. The molecule has 0 aromatic carbocycles. The highest BCUT2D eigenvalue weighted by molar-refractivity contribution is 7.10. The smallest absolute Gasteiger partial charge is 0.0417 e. The minimum absolute atomic E-state index is 0.554. The van der Waals surface area contributed by atoms with Gasteiger partial charge in [-0.05, 0) is 30.7 Å². The van der Waals surface area contributed by atoms with E-state index < -0.39 is 0 Å². The van der Waals surface area contributed by atoms with Crippen LogP contribution in [0.2, 0.25) is 0 Å². The fourth-order valence-electron chi connectivity index (χ4n) is 2.84. The molecule has 18 heavy (non-hydrogen) atoms. The lowest BCUT2D eigenvalue weighted by Crippen LogP contribution is -2.58. The Labute approximate surface area is 115 Å². The summed E-state index contributed by atoms with van der Waals surface area (Å²) in [4.78, 5) is 4.20. The summed E-state index contributed by atoms with van der Waals surface area (Å²) < 4.78 is 0. The van der Waals surface area contributed by atoms with E-state index in [1.54, 1.807) is 0 Å². The highest BCUT2D eigenvalue weighted by Crippen LogP contribution is 2.29. The molecule has 1 aliphatic heterocycles. The van der Waals surface area contributed by atoms with Gasteiger partial charge in [0.1, 0.15) is 0 Å². The molecule has 0 radical (unpaired) electrons. The quantitative estimate of drug-likeness (QED) is 0.897. The summed E-state index contributed by atoms with van der Waals surface area (Å²) in [7, 11) is 0. The van der Waals surface area contributed by atoms with Crippen molar-refractivity contribution in [2.75, 3.05) is 13.1 Å². The fraction of sp³-hybridized carbons (Fsp3) is 0.733. The van der Waals surface area contributed by atoms with Crippen LogP contribution in [0, 0.1) is 5.92 Å².